The minimum Gasteiger partial charge on any atom is -0.481 e. The molecule has 1 unspecified atom stereocenters. The lowest BCUT2D eigenvalue weighted by Gasteiger charge is -2.38. The molecule has 0 aromatic carbocycles. The minimum absolute atomic E-state index is 0.0173. The molecule has 0 spiro atoms. The summed E-state index contributed by atoms with van der Waals surface area (Å²) in [6, 6.07) is -0.486. The number of urea groups is 1. The average molecular weight is 285 g/mol. The minimum atomic E-state index is -0.912. The van der Waals surface area contributed by atoms with E-state index in [1.165, 1.54) is 6.92 Å². The highest BCUT2D eigenvalue weighted by molar-refractivity contribution is 5.77. The molecule has 114 valence electrons. The van der Waals surface area contributed by atoms with Crippen LogP contribution < -0.4 is 0 Å². The fourth-order valence-electron chi connectivity index (χ4n) is 2.39. The number of carboxylic acids is 1. The van der Waals surface area contributed by atoms with Crippen LogP contribution in [0, 0.1) is 0 Å². The smallest absolute Gasteiger partial charge is 0.320 e. The molecule has 1 N–H and O–H groups in total. The van der Waals surface area contributed by atoms with Crippen molar-refractivity contribution >= 4 is 17.9 Å². The number of nitrogens with zero attached hydrogens (tertiary/aromatic N) is 3. The molecule has 20 heavy (non-hydrogen) atoms. The van der Waals surface area contributed by atoms with Crippen molar-refractivity contribution in [3.05, 3.63) is 0 Å². The molecule has 1 heterocycles. The second-order valence-electron chi connectivity index (χ2n) is 5.01. The quantitative estimate of drug-likeness (QED) is 0.813. The third kappa shape index (κ3) is 4.11. The van der Waals surface area contributed by atoms with Gasteiger partial charge in [-0.2, -0.15) is 0 Å². The van der Waals surface area contributed by atoms with Crippen molar-refractivity contribution in [3.8, 4) is 0 Å². The topological polar surface area (TPSA) is 81.2 Å². The number of carbonyl (C=O) groups is 3. The molecule has 1 rings (SSSR count). The Bertz CT molecular complexity index is 378. The van der Waals surface area contributed by atoms with E-state index in [2.05, 4.69) is 0 Å². The van der Waals surface area contributed by atoms with Crippen molar-refractivity contribution in [2.75, 3.05) is 32.7 Å². The van der Waals surface area contributed by atoms with Gasteiger partial charge >= 0.3 is 12.0 Å². The van der Waals surface area contributed by atoms with Crippen LogP contribution in [-0.2, 0) is 9.59 Å². The SMILES string of the molecule is CCN(C(=O)N1CCN(C(C)=O)CC1)C(C)CC(=O)O. The second kappa shape index (κ2) is 7.12. The summed E-state index contributed by atoms with van der Waals surface area (Å²) < 4.78 is 0. The number of aliphatic carboxylic acids is 1. The molecule has 1 aliphatic heterocycles. The average Bonchev–Trinajstić information content (AvgIpc) is 2.38. The zero-order chi connectivity index (χ0) is 15.3. The number of carbonyl (C=O) groups excluding carboxylic acids is 2. The molecule has 0 radical (unpaired) electrons. The molecule has 0 bridgehead atoms. The Balaban J connectivity index is 2.59. The zero-order valence-corrected chi connectivity index (χ0v) is 12.3. The molecule has 1 aliphatic rings. The zero-order valence-electron chi connectivity index (χ0n) is 12.3. The highest BCUT2D eigenvalue weighted by Crippen LogP contribution is 2.11. The number of carboxylic acid groups (broad SMARTS) is 1. The molecule has 0 saturated carbocycles. The van der Waals surface area contributed by atoms with E-state index in [4.69, 9.17) is 5.11 Å². The van der Waals surface area contributed by atoms with E-state index in [1.807, 2.05) is 6.92 Å². The van der Waals surface area contributed by atoms with Gasteiger partial charge in [-0.25, -0.2) is 4.79 Å². The summed E-state index contributed by atoms with van der Waals surface area (Å²) in [5.41, 5.74) is 0. The molecule has 0 aromatic rings. The van der Waals surface area contributed by atoms with Crippen molar-refractivity contribution in [2.24, 2.45) is 0 Å². The molecule has 1 atom stereocenters. The summed E-state index contributed by atoms with van der Waals surface area (Å²) in [7, 11) is 0. The first-order valence-electron chi connectivity index (χ1n) is 6.89. The number of hydrogen-bond acceptors (Lipinski definition) is 3. The maximum Gasteiger partial charge on any atom is 0.320 e. The monoisotopic (exact) mass is 285 g/mol. The van der Waals surface area contributed by atoms with Gasteiger partial charge in [-0.3, -0.25) is 9.59 Å². The van der Waals surface area contributed by atoms with Crippen LogP contribution >= 0.6 is 0 Å². The van der Waals surface area contributed by atoms with E-state index in [-0.39, 0.29) is 24.4 Å². The predicted molar refractivity (Wildman–Crippen MR) is 73.3 cm³/mol. The van der Waals surface area contributed by atoms with Crippen LogP contribution in [0.25, 0.3) is 0 Å². The lowest BCUT2D eigenvalue weighted by molar-refractivity contribution is -0.138. The van der Waals surface area contributed by atoms with Crippen LogP contribution in [0.5, 0.6) is 0 Å². The van der Waals surface area contributed by atoms with Gasteiger partial charge in [0.05, 0.1) is 6.42 Å². The van der Waals surface area contributed by atoms with Crippen LogP contribution in [0.4, 0.5) is 4.79 Å². The Kier molecular flexibility index (Phi) is 5.79. The molecule has 7 heteroatoms. The third-order valence-corrected chi connectivity index (χ3v) is 3.58. The molecular weight excluding hydrogens is 262 g/mol. The summed E-state index contributed by atoms with van der Waals surface area (Å²) >= 11 is 0. The number of rotatable bonds is 4. The fourth-order valence-corrected chi connectivity index (χ4v) is 2.39. The fraction of sp³-hybridized carbons (Fsp3) is 0.769. The standard InChI is InChI=1S/C13H23N3O4/c1-4-16(10(2)9-12(18)19)13(20)15-7-5-14(6-8-15)11(3)17/h10H,4-9H2,1-3H3,(H,18,19). The maximum absolute atomic E-state index is 12.4. The highest BCUT2D eigenvalue weighted by atomic mass is 16.4. The Morgan fingerprint density at radius 2 is 1.65 bits per heavy atom. The van der Waals surface area contributed by atoms with Gasteiger partial charge in [-0.1, -0.05) is 0 Å². The highest BCUT2D eigenvalue weighted by Gasteiger charge is 2.28. The van der Waals surface area contributed by atoms with Gasteiger partial charge in [-0.05, 0) is 13.8 Å². The molecule has 7 nitrogen and oxygen atoms in total. The molecule has 1 saturated heterocycles. The first-order chi connectivity index (χ1) is 9.36. The van der Waals surface area contributed by atoms with E-state index >= 15 is 0 Å². The summed E-state index contributed by atoms with van der Waals surface area (Å²) in [5.74, 6) is -0.895. The maximum atomic E-state index is 12.4. The van der Waals surface area contributed by atoms with Crippen LogP contribution in [0.15, 0.2) is 0 Å². The summed E-state index contributed by atoms with van der Waals surface area (Å²) in [4.78, 5) is 39.3. The van der Waals surface area contributed by atoms with Crippen molar-refractivity contribution in [2.45, 2.75) is 33.2 Å². The van der Waals surface area contributed by atoms with E-state index in [1.54, 1.807) is 21.6 Å². The number of amides is 3. The molecule has 0 aliphatic carbocycles. The van der Waals surface area contributed by atoms with Crippen molar-refractivity contribution < 1.29 is 19.5 Å². The van der Waals surface area contributed by atoms with Gasteiger partial charge in [0.25, 0.3) is 0 Å². The summed E-state index contributed by atoms with van der Waals surface area (Å²) in [6.45, 7) is 7.62. The largest absolute Gasteiger partial charge is 0.481 e. The number of piperazine rings is 1. The van der Waals surface area contributed by atoms with Gasteiger partial charge in [0.1, 0.15) is 0 Å². The van der Waals surface area contributed by atoms with E-state index in [0.29, 0.717) is 32.7 Å². The van der Waals surface area contributed by atoms with Crippen molar-refractivity contribution in [1.29, 1.82) is 0 Å². The normalized spacial score (nSPS) is 16.8. The van der Waals surface area contributed by atoms with Gasteiger partial charge in [-0.15, -0.1) is 0 Å². The Morgan fingerprint density at radius 3 is 2.05 bits per heavy atom. The third-order valence-electron chi connectivity index (χ3n) is 3.58. The molecule has 3 amide bonds. The Morgan fingerprint density at radius 1 is 1.15 bits per heavy atom. The number of hydrogen-bond donors (Lipinski definition) is 1. The first-order valence-corrected chi connectivity index (χ1v) is 6.89. The molecule has 0 aromatic heterocycles. The van der Waals surface area contributed by atoms with Crippen LogP contribution in [-0.4, -0.2) is 76.5 Å². The Labute approximate surface area is 119 Å². The van der Waals surface area contributed by atoms with E-state index in [9.17, 15) is 14.4 Å². The lowest BCUT2D eigenvalue weighted by atomic mass is 10.2. The first kappa shape index (κ1) is 16.3. The van der Waals surface area contributed by atoms with Crippen molar-refractivity contribution in [3.63, 3.8) is 0 Å². The second-order valence-corrected chi connectivity index (χ2v) is 5.01. The van der Waals surface area contributed by atoms with Crippen LogP contribution in [0.2, 0.25) is 0 Å². The van der Waals surface area contributed by atoms with Gasteiger partial charge in [0, 0.05) is 45.7 Å². The predicted octanol–water partition coefficient (Wildman–Crippen LogP) is 0.456. The van der Waals surface area contributed by atoms with Crippen LogP contribution in [0.3, 0.4) is 0 Å². The summed E-state index contributed by atoms with van der Waals surface area (Å²) in [6.07, 6.45) is -0.0625. The molecule has 1 fully saturated rings. The van der Waals surface area contributed by atoms with Gasteiger partial charge in [0.2, 0.25) is 5.91 Å². The van der Waals surface area contributed by atoms with E-state index in [0.717, 1.165) is 0 Å². The van der Waals surface area contributed by atoms with Crippen LogP contribution in [0.1, 0.15) is 27.2 Å². The summed E-state index contributed by atoms with van der Waals surface area (Å²) in [5, 5.41) is 8.82. The van der Waals surface area contributed by atoms with Crippen molar-refractivity contribution in [1.82, 2.24) is 14.7 Å². The lowest BCUT2D eigenvalue weighted by Crippen LogP contribution is -2.55. The Hall–Kier alpha value is -1.79. The van der Waals surface area contributed by atoms with Gasteiger partial charge < -0.3 is 19.8 Å². The molecular formula is C13H23N3O4. The van der Waals surface area contributed by atoms with Gasteiger partial charge in [0.15, 0.2) is 0 Å². The van der Waals surface area contributed by atoms with E-state index < -0.39 is 5.97 Å².